The van der Waals surface area contributed by atoms with Crippen molar-refractivity contribution in [2.24, 2.45) is 18.9 Å². The average molecular weight is 339 g/mol. The third-order valence-electron chi connectivity index (χ3n) is 5.56. The first-order valence-electron chi connectivity index (χ1n) is 9.28. The van der Waals surface area contributed by atoms with Crippen molar-refractivity contribution in [1.82, 2.24) is 24.4 Å². The lowest BCUT2D eigenvalue weighted by atomic mass is 9.83. The van der Waals surface area contributed by atoms with Crippen LogP contribution in [0.5, 0.6) is 0 Å². The number of rotatable bonds is 4. The number of piperidine rings is 1. The topological polar surface area (TPSA) is 63.9 Å². The van der Waals surface area contributed by atoms with Gasteiger partial charge in [0.1, 0.15) is 12.0 Å². The van der Waals surface area contributed by atoms with Gasteiger partial charge in [0.2, 0.25) is 5.91 Å². The first-order valence-corrected chi connectivity index (χ1v) is 9.28. The molecule has 1 atom stereocenters. The van der Waals surface area contributed by atoms with Crippen LogP contribution in [0.3, 0.4) is 0 Å². The maximum absolute atomic E-state index is 12.5. The normalized spacial score (nSPS) is 21.2. The molecule has 1 aliphatic carbocycles. The molecule has 4 rings (SSSR count). The molecule has 0 unspecified atom stereocenters. The molecule has 1 saturated heterocycles. The van der Waals surface area contributed by atoms with Crippen molar-refractivity contribution in [3.63, 3.8) is 0 Å². The number of imidazole rings is 1. The zero-order valence-corrected chi connectivity index (χ0v) is 14.8. The van der Waals surface area contributed by atoms with Gasteiger partial charge in [-0.15, -0.1) is 0 Å². The molecule has 0 spiro atoms. The molecule has 2 aromatic rings. The Morgan fingerprint density at radius 1 is 1.20 bits per heavy atom. The molecule has 1 saturated carbocycles. The molecular weight excluding hydrogens is 314 g/mol. The molecule has 1 aliphatic heterocycles. The van der Waals surface area contributed by atoms with E-state index >= 15 is 0 Å². The lowest BCUT2D eigenvalue weighted by Crippen LogP contribution is -2.45. The highest BCUT2D eigenvalue weighted by Gasteiger charge is 2.32. The second kappa shape index (κ2) is 6.94. The SMILES string of the molecule is Cn1ccnc1-c1cc(C[C@@H]2CCCN(C(=O)C3CCC3)C2)ncn1. The first kappa shape index (κ1) is 16.2. The van der Waals surface area contributed by atoms with Crippen molar-refractivity contribution in [3.8, 4) is 11.5 Å². The highest BCUT2D eigenvalue weighted by molar-refractivity contribution is 5.79. The fourth-order valence-electron chi connectivity index (χ4n) is 3.88. The van der Waals surface area contributed by atoms with Crippen LogP contribution in [-0.2, 0) is 18.3 Å². The van der Waals surface area contributed by atoms with E-state index in [1.807, 2.05) is 23.9 Å². The minimum Gasteiger partial charge on any atom is -0.342 e. The van der Waals surface area contributed by atoms with E-state index in [-0.39, 0.29) is 0 Å². The van der Waals surface area contributed by atoms with Gasteiger partial charge in [0.25, 0.3) is 0 Å². The predicted molar refractivity (Wildman–Crippen MR) is 94.6 cm³/mol. The van der Waals surface area contributed by atoms with Gasteiger partial charge >= 0.3 is 0 Å². The molecule has 0 aromatic carbocycles. The van der Waals surface area contributed by atoms with Gasteiger partial charge in [-0.05, 0) is 44.1 Å². The minimum atomic E-state index is 0.299. The van der Waals surface area contributed by atoms with Crippen molar-refractivity contribution < 1.29 is 4.79 Å². The standard InChI is InChI=1S/C19H25N5O/c1-23-9-7-20-18(23)17-11-16(21-13-22-17)10-14-4-3-8-24(12-14)19(25)15-5-2-6-15/h7,9,11,13-15H,2-6,8,10,12H2,1H3/t14-/m0/s1. The van der Waals surface area contributed by atoms with Crippen LogP contribution in [-0.4, -0.2) is 43.4 Å². The minimum absolute atomic E-state index is 0.299. The molecular formula is C19H25N5O. The quantitative estimate of drug-likeness (QED) is 0.858. The van der Waals surface area contributed by atoms with E-state index in [9.17, 15) is 4.79 Å². The fraction of sp³-hybridized carbons (Fsp3) is 0.579. The van der Waals surface area contributed by atoms with E-state index in [0.717, 1.165) is 62.4 Å². The smallest absolute Gasteiger partial charge is 0.225 e. The first-order chi connectivity index (χ1) is 12.2. The summed E-state index contributed by atoms with van der Waals surface area (Å²) in [6.45, 7) is 1.80. The molecule has 2 aromatic heterocycles. The highest BCUT2D eigenvalue weighted by Crippen LogP contribution is 2.30. The molecule has 25 heavy (non-hydrogen) atoms. The molecule has 0 N–H and O–H groups in total. The summed E-state index contributed by atoms with van der Waals surface area (Å²) in [5.74, 6) is 2.02. The van der Waals surface area contributed by atoms with E-state index in [4.69, 9.17) is 0 Å². The largest absolute Gasteiger partial charge is 0.342 e. The van der Waals surface area contributed by atoms with E-state index < -0.39 is 0 Å². The zero-order chi connectivity index (χ0) is 17.2. The van der Waals surface area contributed by atoms with Crippen LogP contribution >= 0.6 is 0 Å². The molecule has 0 radical (unpaired) electrons. The number of hydrogen-bond acceptors (Lipinski definition) is 4. The molecule has 6 nitrogen and oxygen atoms in total. The fourth-order valence-corrected chi connectivity index (χ4v) is 3.88. The van der Waals surface area contributed by atoms with Gasteiger partial charge in [0.05, 0.1) is 0 Å². The predicted octanol–water partition coefficient (Wildman–Crippen LogP) is 2.46. The van der Waals surface area contributed by atoms with Gasteiger partial charge in [0, 0.05) is 44.1 Å². The summed E-state index contributed by atoms with van der Waals surface area (Å²) in [6, 6.07) is 2.04. The molecule has 0 bridgehead atoms. The van der Waals surface area contributed by atoms with Gasteiger partial charge in [-0.25, -0.2) is 15.0 Å². The lowest BCUT2D eigenvalue weighted by Gasteiger charge is -2.37. The van der Waals surface area contributed by atoms with E-state index in [1.165, 1.54) is 6.42 Å². The van der Waals surface area contributed by atoms with Gasteiger partial charge in [-0.3, -0.25) is 4.79 Å². The van der Waals surface area contributed by atoms with Crippen LogP contribution in [0.1, 0.15) is 37.8 Å². The van der Waals surface area contributed by atoms with Crippen molar-refractivity contribution in [2.75, 3.05) is 13.1 Å². The van der Waals surface area contributed by atoms with E-state index in [2.05, 4.69) is 19.9 Å². The molecule has 6 heteroatoms. The maximum Gasteiger partial charge on any atom is 0.225 e. The third kappa shape index (κ3) is 3.43. The monoisotopic (exact) mass is 339 g/mol. The summed E-state index contributed by atoms with van der Waals surface area (Å²) in [6.07, 6.45) is 11.9. The Hall–Kier alpha value is -2.24. The molecule has 132 valence electrons. The van der Waals surface area contributed by atoms with Crippen molar-refractivity contribution >= 4 is 5.91 Å². The Balaban J connectivity index is 1.43. The Morgan fingerprint density at radius 3 is 2.80 bits per heavy atom. The highest BCUT2D eigenvalue weighted by atomic mass is 16.2. The number of nitrogens with zero attached hydrogens (tertiary/aromatic N) is 5. The van der Waals surface area contributed by atoms with Crippen LogP contribution in [0, 0.1) is 11.8 Å². The number of aryl methyl sites for hydroxylation is 1. The van der Waals surface area contributed by atoms with Gasteiger partial charge in [0.15, 0.2) is 5.82 Å². The van der Waals surface area contributed by atoms with Crippen LogP contribution in [0.15, 0.2) is 24.8 Å². The maximum atomic E-state index is 12.5. The second-order valence-electron chi connectivity index (χ2n) is 7.38. The summed E-state index contributed by atoms with van der Waals surface area (Å²) >= 11 is 0. The Labute approximate surface area is 148 Å². The van der Waals surface area contributed by atoms with Gasteiger partial charge in [-0.2, -0.15) is 0 Å². The second-order valence-corrected chi connectivity index (χ2v) is 7.38. The van der Waals surface area contributed by atoms with Gasteiger partial charge in [-0.1, -0.05) is 6.42 Å². The molecule has 2 aliphatic rings. The van der Waals surface area contributed by atoms with Gasteiger partial charge < -0.3 is 9.47 Å². The zero-order valence-electron chi connectivity index (χ0n) is 14.8. The van der Waals surface area contributed by atoms with Crippen LogP contribution in [0.25, 0.3) is 11.5 Å². The number of hydrogen-bond donors (Lipinski definition) is 0. The van der Waals surface area contributed by atoms with Crippen LogP contribution in [0.4, 0.5) is 0 Å². The number of aromatic nitrogens is 4. The average Bonchev–Trinajstić information content (AvgIpc) is 3.00. The van der Waals surface area contributed by atoms with E-state index in [1.54, 1.807) is 12.5 Å². The number of carbonyl (C=O) groups is 1. The summed E-state index contributed by atoms with van der Waals surface area (Å²) in [4.78, 5) is 27.8. The van der Waals surface area contributed by atoms with E-state index in [0.29, 0.717) is 17.7 Å². The Bertz CT molecular complexity index is 752. The third-order valence-corrected chi connectivity index (χ3v) is 5.56. The Kier molecular flexibility index (Phi) is 4.51. The summed E-state index contributed by atoms with van der Waals surface area (Å²) in [5.41, 5.74) is 1.90. The molecule has 1 amide bonds. The van der Waals surface area contributed by atoms with Crippen molar-refractivity contribution in [1.29, 1.82) is 0 Å². The van der Waals surface area contributed by atoms with Crippen molar-refractivity contribution in [2.45, 2.75) is 38.5 Å². The lowest BCUT2D eigenvalue weighted by molar-refractivity contribution is -0.140. The summed E-state index contributed by atoms with van der Waals surface area (Å²) in [5, 5.41) is 0. The number of amides is 1. The summed E-state index contributed by atoms with van der Waals surface area (Å²) in [7, 11) is 1.97. The van der Waals surface area contributed by atoms with Crippen LogP contribution in [0.2, 0.25) is 0 Å². The summed E-state index contributed by atoms with van der Waals surface area (Å²) < 4.78 is 1.96. The van der Waals surface area contributed by atoms with Crippen molar-refractivity contribution in [3.05, 3.63) is 30.5 Å². The Morgan fingerprint density at radius 2 is 2.08 bits per heavy atom. The van der Waals surface area contributed by atoms with Crippen LogP contribution < -0.4 is 0 Å². The molecule has 2 fully saturated rings. The number of carbonyl (C=O) groups excluding carboxylic acids is 1. The number of likely N-dealkylation sites (tertiary alicyclic amines) is 1. The molecule has 3 heterocycles.